The summed E-state index contributed by atoms with van der Waals surface area (Å²) >= 11 is 0. The van der Waals surface area contributed by atoms with Crippen molar-refractivity contribution in [1.29, 1.82) is 0 Å². The monoisotopic (exact) mass is 242 g/mol. The lowest BCUT2D eigenvalue weighted by Crippen LogP contribution is -2.38. The number of pyridine rings is 2. The second-order valence-electron chi connectivity index (χ2n) is 4.90. The van der Waals surface area contributed by atoms with Gasteiger partial charge in [-0.1, -0.05) is 0 Å². The van der Waals surface area contributed by atoms with Gasteiger partial charge in [-0.25, -0.2) is 0 Å². The molecular formula is C14H18N4. The minimum absolute atomic E-state index is 0.503. The second-order valence-corrected chi connectivity index (χ2v) is 4.90. The highest BCUT2D eigenvalue weighted by atomic mass is 15.0. The standard InChI is InChI=1S/C14H18N4/c1-10-4-5-13-14(17-10)7-12(9-16-13)18-11-3-2-6-15-8-11/h4-5,7,9,11,15,18H,2-3,6,8H2,1H3. The molecule has 0 spiro atoms. The minimum Gasteiger partial charge on any atom is -0.380 e. The van der Waals surface area contributed by atoms with Gasteiger partial charge in [-0.15, -0.1) is 0 Å². The summed E-state index contributed by atoms with van der Waals surface area (Å²) in [7, 11) is 0. The van der Waals surface area contributed by atoms with Gasteiger partial charge in [0.1, 0.15) is 0 Å². The topological polar surface area (TPSA) is 49.8 Å². The van der Waals surface area contributed by atoms with Gasteiger partial charge < -0.3 is 10.6 Å². The molecule has 94 valence electrons. The van der Waals surface area contributed by atoms with Gasteiger partial charge in [-0.05, 0) is 44.5 Å². The molecule has 0 aromatic carbocycles. The molecule has 0 saturated carbocycles. The highest BCUT2D eigenvalue weighted by Gasteiger charge is 2.12. The summed E-state index contributed by atoms with van der Waals surface area (Å²) in [4.78, 5) is 8.95. The predicted octanol–water partition coefficient (Wildman–Crippen LogP) is 2.10. The third-order valence-electron chi connectivity index (χ3n) is 3.34. The van der Waals surface area contributed by atoms with Gasteiger partial charge in [0, 0.05) is 18.3 Å². The van der Waals surface area contributed by atoms with Crippen molar-refractivity contribution in [1.82, 2.24) is 15.3 Å². The normalized spacial score (nSPS) is 19.9. The molecule has 0 bridgehead atoms. The van der Waals surface area contributed by atoms with E-state index in [1.165, 1.54) is 12.8 Å². The van der Waals surface area contributed by atoms with Gasteiger partial charge in [0.15, 0.2) is 0 Å². The summed E-state index contributed by atoms with van der Waals surface area (Å²) in [5.74, 6) is 0. The van der Waals surface area contributed by atoms with Gasteiger partial charge in [-0.3, -0.25) is 9.97 Å². The summed E-state index contributed by atoms with van der Waals surface area (Å²) in [6.07, 6.45) is 4.34. The number of rotatable bonds is 2. The van der Waals surface area contributed by atoms with E-state index in [2.05, 4.69) is 26.7 Å². The first-order valence-corrected chi connectivity index (χ1v) is 6.52. The van der Waals surface area contributed by atoms with Crippen LogP contribution in [-0.4, -0.2) is 29.1 Å². The fraction of sp³-hybridized carbons (Fsp3) is 0.429. The van der Waals surface area contributed by atoms with Crippen LogP contribution in [0, 0.1) is 6.92 Å². The van der Waals surface area contributed by atoms with E-state index in [0.29, 0.717) is 6.04 Å². The Balaban J connectivity index is 1.83. The number of nitrogens with one attached hydrogen (secondary N) is 2. The molecule has 2 aromatic rings. The molecule has 1 fully saturated rings. The van der Waals surface area contributed by atoms with E-state index in [1.807, 2.05) is 25.3 Å². The Morgan fingerprint density at radius 2 is 2.28 bits per heavy atom. The molecule has 2 N–H and O–H groups in total. The first-order valence-electron chi connectivity index (χ1n) is 6.52. The van der Waals surface area contributed by atoms with Crippen LogP contribution in [0.15, 0.2) is 24.4 Å². The number of anilines is 1. The molecule has 3 heterocycles. The average Bonchev–Trinajstić information content (AvgIpc) is 2.39. The van der Waals surface area contributed by atoms with E-state index in [9.17, 15) is 0 Å². The number of aryl methyl sites for hydroxylation is 1. The Bertz CT molecular complexity index is 546. The van der Waals surface area contributed by atoms with Crippen LogP contribution in [0.4, 0.5) is 5.69 Å². The number of nitrogens with zero attached hydrogens (tertiary/aromatic N) is 2. The minimum atomic E-state index is 0.503. The molecule has 4 nitrogen and oxygen atoms in total. The molecule has 0 radical (unpaired) electrons. The van der Waals surface area contributed by atoms with Crippen molar-refractivity contribution in [3.63, 3.8) is 0 Å². The summed E-state index contributed by atoms with van der Waals surface area (Å²) in [6, 6.07) is 6.60. The van der Waals surface area contributed by atoms with Crippen molar-refractivity contribution in [3.05, 3.63) is 30.1 Å². The summed E-state index contributed by atoms with van der Waals surface area (Å²) in [5.41, 5.74) is 4.01. The van der Waals surface area contributed by atoms with Crippen molar-refractivity contribution in [3.8, 4) is 0 Å². The quantitative estimate of drug-likeness (QED) is 0.846. The molecule has 0 aliphatic carbocycles. The number of fused-ring (bicyclic) bond motifs is 1. The Kier molecular flexibility index (Phi) is 3.11. The van der Waals surface area contributed by atoms with Crippen LogP contribution >= 0.6 is 0 Å². The van der Waals surface area contributed by atoms with Crippen molar-refractivity contribution < 1.29 is 0 Å². The number of aromatic nitrogens is 2. The Morgan fingerprint density at radius 1 is 1.33 bits per heavy atom. The van der Waals surface area contributed by atoms with Crippen LogP contribution in [0.2, 0.25) is 0 Å². The zero-order valence-corrected chi connectivity index (χ0v) is 10.6. The zero-order chi connectivity index (χ0) is 12.4. The van der Waals surface area contributed by atoms with E-state index >= 15 is 0 Å². The maximum absolute atomic E-state index is 4.51. The molecule has 1 saturated heterocycles. The second kappa shape index (κ2) is 4.90. The van der Waals surface area contributed by atoms with Gasteiger partial charge in [0.25, 0.3) is 0 Å². The molecule has 1 aliphatic heterocycles. The summed E-state index contributed by atoms with van der Waals surface area (Å²) in [6.45, 7) is 4.17. The smallest absolute Gasteiger partial charge is 0.0910 e. The maximum Gasteiger partial charge on any atom is 0.0910 e. The fourth-order valence-corrected chi connectivity index (χ4v) is 2.40. The number of hydrogen-bond acceptors (Lipinski definition) is 4. The lowest BCUT2D eigenvalue weighted by atomic mass is 10.1. The molecule has 1 unspecified atom stereocenters. The molecular weight excluding hydrogens is 224 g/mol. The molecule has 2 aromatic heterocycles. The summed E-state index contributed by atoms with van der Waals surface area (Å²) < 4.78 is 0. The lowest BCUT2D eigenvalue weighted by molar-refractivity contribution is 0.480. The maximum atomic E-state index is 4.51. The van der Waals surface area contributed by atoms with Crippen LogP contribution in [0.1, 0.15) is 18.5 Å². The Morgan fingerprint density at radius 3 is 3.11 bits per heavy atom. The Labute approximate surface area is 107 Å². The highest BCUT2D eigenvalue weighted by Crippen LogP contribution is 2.17. The zero-order valence-electron chi connectivity index (χ0n) is 10.6. The van der Waals surface area contributed by atoms with Crippen LogP contribution in [0.5, 0.6) is 0 Å². The lowest BCUT2D eigenvalue weighted by Gasteiger charge is -2.24. The number of piperidine rings is 1. The van der Waals surface area contributed by atoms with Crippen LogP contribution < -0.4 is 10.6 Å². The van der Waals surface area contributed by atoms with E-state index in [0.717, 1.165) is 35.5 Å². The summed E-state index contributed by atoms with van der Waals surface area (Å²) in [5, 5.41) is 6.93. The third-order valence-corrected chi connectivity index (χ3v) is 3.34. The van der Waals surface area contributed by atoms with Crippen LogP contribution in [0.25, 0.3) is 11.0 Å². The Hall–Kier alpha value is -1.68. The van der Waals surface area contributed by atoms with Crippen LogP contribution in [-0.2, 0) is 0 Å². The van der Waals surface area contributed by atoms with Crippen molar-refractivity contribution in [2.75, 3.05) is 18.4 Å². The van der Waals surface area contributed by atoms with E-state index in [1.54, 1.807) is 0 Å². The molecule has 1 aliphatic rings. The number of hydrogen-bond donors (Lipinski definition) is 2. The molecule has 3 rings (SSSR count). The van der Waals surface area contributed by atoms with E-state index in [4.69, 9.17) is 0 Å². The van der Waals surface area contributed by atoms with Gasteiger partial charge in [0.05, 0.1) is 22.9 Å². The average molecular weight is 242 g/mol. The molecule has 18 heavy (non-hydrogen) atoms. The predicted molar refractivity (Wildman–Crippen MR) is 73.8 cm³/mol. The van der Waals surface area contributed by atoms with Crippen molar-refractivity contribution in [2.45, 2.75) is 25.8 Å². The molecule has 1 atom stereocenters. The van der Waals surface area contributed by atoms with E-state index < -0.39 is 0 Å². The third kappa shape index (κ3) is 2.43. The fourth-order valence-electron chi connectivity index (χ4n) is 2.40. The molecule has 0 amide bonds. The van der Waals surface area contributed by atoms with Gasteiger partial charge >= 0.3 is 0 Å². The SMILES string of the molecule is Cc1ccc2ncc(NC3CCCNC3)cc2n1. The van der Waals surface area contributed by atoms with Crippen LogP contribution in [0.3, 0.4) is 0 Å². The molecule has 4 heteroatoms. The van der Waals surface area contributed by atoms with Crippen molar-refractivity contribution in [2.24, 2.45) is 0 Å². The first-order chi connectivity index (χ1) is 8.81. The largest absolute Gasteiger partial charge is 0.380 e. The van der Waals surface area contributed by atoms with Gasteiger partial charge in [0.2, 0.25) is 0 Å². The van der Waals surface area contributed by atoms with Crippen molar-refractivity contribution >= 4 is 16.7 Å². The first kappa shape index (κ1) is 11.4. The van der Waals surface area contributed by atoms with Gasteiger partial charge in [-0.2, -0.15) is 0 Å². The van der Waals surface area contributed by atoms with E-state index in [-0.39, 0.29) is 0 Å². The highest BCUT2D eigenvalue weighted by molar-refractivity contribution is 5.77.